The number of hydrogen-bond donors (Lipinski definition) is 4. The van der Waals surface area contributed by atoms with E-state index in [-0.39, 0.29) is 98.9 Å². The SMILES string of the molecule is COc1ncc(-c2ccc3c(c2)c(C(C)=O)nn3CC(=O)N2C[C@H](F)C[C@H]2C(=O)Nc2nc(Br)ccc2C)cn1.COc1ncc(-c2ccc3c(c2)c(C(C)=O)nn3CC(=O)O)cn1.Cc1ccc(Br)nc1NC(=O)[C@@H]1C[C@H]2C[C@H]2N1.Cl.S.S=S. The number of aromatic nitrogens is 10. The quantitative estimate of drug-likeness (QED) is 0.0594. The number of methoxy groups -OCH3 is 2. The van der Waals surface area contributed by atoms with Crippen LogP contribution in [0, 0.1) is 19.8 Å². The predicted octanol–water partition coefficient (Wildman–Crippen LogP) is 7.91. The van der Waals surface area contributed by atoms with Crippen molar-refractivity contribution in [2.24, 2.45) is 5.92 Å². The van der Waals surface area contributed by atoms with Gasteiger partial charge in [0, 0.05) is 95.4 Å². The van der Waals surface area contributed by atoms with Crippen LogP contribution in [0.25, 0.3) is 44.1 Å². The molecule has 2 aromatic carbocycles. The number of halogens is 4. The fourth-order valence-electron chi connectivity index (χ4n) is 9.47. The first-order valence-electron chi connectivity index (χ1n) is 25.5. The smallest absolute Gasteiger partial charge is 0.325 e. The summed E-state index contributed by atoms with van der Waals surface area (Å²) in [4.78, 5) is 99.8. The minimum Gasteiger partial charge on any atom is -0.480 e. The molecule has 8 heterocycles. The summed E-state index contributed by atoms with van der Waals surface area (Å²) in [6.45, 7) is 5.71. The topological polar surface area (TPSA) is 293 Å². The van der Waals surface area contributed by atoms with Gasteiger partial charge in [0.05, 0.1) is 37.8 Å². The highest BCUT2D eigenvalue weighted by atomic mass is 79.9. The zero-order valence-electron chi connectivity index (χ0n) is 46.2. The summed E-state index contributed by atoms with van der Waals surface area (Å²) >= 11 is 13.9. The van der Waals surface area contributed by atoms with Crippen LogP contribution in [0.5, 0.6) is 12.0 Å². The largest absolute Gasteiger partial charge is 0.480 e. The lowest BCUT2D eigenvalue weighted by Crippen LogP contribution is -2.44. The first-order chi connectivity index (χ1) is 39.8. The number of hydrogen-bond acceptors (Lipinski definition) is 19. The van der Waals surface area contributed by atoms with Gasteiger partial charge in [-0.05, 0) is 123 Å². The van der Waals surface area contributed by atoms with Crippen molar-refractivity contribution in [1.82, 2.24) is 59.7 Å². The van der Waals surface area contributed by atoms with E-state index in [1.54, 1.807) is 80.2 Å². The number of pyridine rings is 2. The molecule has 6 aromatic heterocycles. The van der Waals surface area contributed by atoms with Gasteiger partial charge in [0.25, 0.3) is 0 Å². The first-order valence-corrected chi connectivity index (χ1v) is 28.4. The maximum Gasteiger partial charge on any atom is 0.325 e. The molecule has 4 N–H and O–H groups in total. The number of nitrogens with zero attached hydrogens (tertiary/aromatic N) is 11. The number of carboxylic acids is 1. The molecule has 85 heavy (non-hydrogen) atoms. The van der Waals surface area contributed by atoms with Crippen molar-refractivity contribution < 1.29 is 47.7 Å². The highest BCUT2D eigenvalue weighted by Crippen LogP contribution is 2.41. The van der Waals surface area contributed by atoms with Gasteiger partial charge in [-0.25, -0.2) is 34.3 Å². The normalized spacial score (nSPS) is 17.0. The number of carbonyl (C=O) groups excluding carboxylic acids is 5. The van der Waals surface area contributed by atoms with E-state index in [4.69, 9.17) is 14.6 Å². The molecule has 5 atom stereocenters. The molecule has 3 aliphatic rings. The number of likely N-dealkylation sites (tertiary alicyclic amines) is 1. The van der Waals surface area contributed by atoms with E-state index < -0.39 is 30.0 Å². The summed E-state index contributed by atoms with van der Waals surface area (Å²) in [5, 5.41) is 27.6. The molecule has 2 aliphatic heterocycles. The summed E-state index contributed by atoms with van der Waals surface area (Å²) in [7, 11) is 2.96. The summed E-state index contributed by atoms with van der Waals surface area (Å²) in [5.41, 5.74) is 6.25. The lowest BCUT2D eigenvalue weighted by Gasteiger charge is -2.24. The number of rotatable bonds is 14. The minimum atomic E-state index is -1.35. The molecule has 30 heteroatoms. The number of Topliss-reactive ketones (excluding diaryl/α,β-unsaturated/α-hetero) is 2. The van der Waals surface area contributed by atoms with Crippen LogP contribution < -0.4 is 25.4 Å². The van der Waals surface area contributed by atoms with Crippen LogP contribution >= 0.6 is 57.8 Å². The van der Waals surface area contributed by atoms with Gasteiger partial charge in [0.1, 0.15) is 57.5 Å². The molecular formula is C55H56Br2ClFN14O9S3. The second-order valence-electron chi connectivity index (χ2n) is 19.4. The van der Waals surface area contributed by atoms with E-state index in [1.165, 1.54) is 48.8 Å². The Kier molecular flexibility index (Phi) is 23.2. The van der Waals surface area contributed by atoms with Crippen molar-refractivity contribution in [3.05, 3.63) is 117 Å². The zero-order chi connectivity index (χ0) is 59.8. The van der Waals surface area contributed by atoms with Crippen LogP contribution in [0.4, 0.5) is 16.0 Å². The summed E-state index contributed by atoms with van der Waals surface area (Å²) < 4.78 is 28.4. The molecule has 0 bridgehead atoms. The number of nitrogens with one attached hydrogen (secondary N) is 3. The van der Waals surface area contributed by atoms with Crippen LogP contribution in [-0.2, 0) is 54.6 Å². The number of piperidine rings is 1. The Hall–Kier alpha value is -7.41. The van der Waals surface area contributed by atoms with Crippen LogP contribution in [-0.4, -0.2) is 140 Å². The number of ether oxygens (including phenoxy) is 2. The lowest BCUT2D eigenvalue weighted by atomic mass is 10.0. The van der Waals surface area contributed by atoms with E-state index in [9.17, 15) is 33.2 Å². The van der Waals surface area contributed by atoms with Crippen molar-refractivity contribution in [3.63, 3.8) is 0 Å². The van der Waals surface area contributed by atoms with Crippen molar-refractivity contribution >= 4 is 149 Å². The minimum absolute atomic E-state index is 0. The van der Waals surface area contributed by atoms with Crippen molar-refractivity contribution in [1.29, 1.82) is 0 Å². The number of carbonyl (C=O) groups is 6. The average Bonchev–Trinajstić information content (AvgIpc) is 2.16. The first kappa shape index (κ1) is 66.7. The molecule has 1 aliphatic carbocycles. The highest BCUT2D eigenvalue weighted by Gasteiger charge is 2.48. The van der Waals surface area contributed by atoms with Gasteiger partial charge in [0.15, 0.2) is 11.6 Å². The Bertz CT molecular complexity index is 3780. The summed E-state index contributed by atoms with van der Waals surface area (Å²) in [5.74, 6) is -0.821. The molecule has 3 fully saturated rings. The van der Waals surface area contributed by atoms with E-state index in [0.29, 0.717) is 49.7 Å². The van der Waals surface area contributed by atoms with Gasteiger partial charge in [-0.3, -0.25) is 38.1 Å². The monoisotopic (exact) mass is 1360 g/mol. The second-order valence-corrected chi connectivity index (χ2v) is 21.1. The third kappa shape index (κ3) is 16.1. The van der Waals surface area contributed by atoms with Crippen LogP contribution in [0.3, 0.4) is 0 Å². The molecule has 0 spiro atoms. The summed E-state index contributed by atoms with van der Waals surface area (Å²) in [6, 6.07) is 18.0. The van der Waals surface area contributed by atoms with Crippen LogP contribution in [0.15, 0.2) is 94.7 Å². The van der Waals surface area contributed by atoms with Crippen molar-refractivity contribution in [3.8, 4) is 34.3 Å². The molecule has 23 nitrogen and oxygen atoms in total. The van der Waals surface area contributed by atoms with E-state index in [2.05, 4.69) is 110 Å². The second kappa shape index (κ2) is 29.6. The lowest BCUT2D eigenvalue weighted by molar-refractivity contribution is -0.138. The molecule has 0 unspecified atom stereocenters. The number of anilines is 2. The number of alkyl halides is 1. The highest BCUT2D eigenvalue weighted by molar-refractivity contribution is 9.10. The number of aliphatic carboxylic acids is 1. The Morgan fingerprint density at radius 2 is 1.14 bits per heavy atom. The average molecular weight is 1370 g/mol. The fraction of sp³-hybridized carbons (Fsp3) is 0.309. The van der Waals surface area contributed by atoms with E-state index in [0.717, 1.165) is 44.8 Å². The molecular weight excluding hydrogens is 1310 g/mol. The number of carboxylic acid groups (broad SMARTS) is 1. The Morgan fingerprint density at radius 1 is 0.682 bits per heavy atom. The van der Waals surface area contributed by atoms with Crippen molar-refractivity contribution in [2.45, 2.75) is 84.3 Å². The zero-order valence-corrected chi connectivity index (χ0v) is 52.8. The number of amides is 3. The maximum absolute atomic E-state index is 14.5. The van der Waals surface area contributed by atoms with Crippen LogP contribution in [0.2, 0.25) is 0 Å². The molecule has 1 saturated carbocycles. The van der Waals surface area contributed by atoms with Gasteiger partial charge >= 0.3 is 18.0 Å². The fourth-order valence-corrected chi connectivity index (χ4v) is 10.1. The van der Waals surface area contributed by atoms with E-state index >= 15 is 0 Å². The standard InChI is InChI=1S/C27H25BrFN7O4.C16H14N4O4.C12H14BrN3O.ClH.S2.H2S/c1-14-4-7-22(28)32-25(14)33-26(39)21-9-18(29)12-35(21)23(38)13-36-20-6-5-16(8-19(20)24(34-36)15(2)37)17-10-30-27(40-3)31-11-17;1-9(21)15-12-5-10(11-6-17-16(24-2)18-7-11)3-4-13(12)20(19-15)8-14(22)23;1-6-2-3-10(13)15-11(6)16-12(17)9-5-7-4-8(7)14-9;;1-2;/h4-8,10-11,18,21H,9,12-13H2,1-3H3,(H,32,33,39);3-7H,8H2,1-2H3,(H,22,23);2-3,7-9,14H,4-5H2,1H3,(H,15,16,17);1H;;1H2/t18-,21+;;7-,8-,9+;;;/m1.1.../s1. The molecule has 3 amide bonds. The van der Waals surface area contributed by atoms with Crippen molar-refractivity contribution in [2.75, 3.05) is 31.4 Å². The van der Waals surface area contributed by atoms with Gasteiger partial charge in [-0.1, -0.05) is 24.3 Å². The Labute approximate surface area is 525 Å². The number of benzene rings is 2. The van der Waals surface area contributed by atoms with Crippen LogP contribution in [0.1, 0.15) is 65.2 Å². The van der Waals surface area contributed by atoms with Gasteiger partial charge in [-0.15, -0.1) is 12.4 Å². The molecule has 2 saturated heterocycles. The van der Waals surface area contributed by atoms with Gasteiger partial charge < -0.3 is 35.4 Å². The van der Waals surface area contributed by atoms with Gasteiger partial charge in [0.2, 0.25) is 17.7 Å². The third-order valence-corrected chi connectivity index (χ3v) is 14.6. The maximum atomic E-state index is 14.5. The predicted molar refractivity (Wildman–Crippen MR) is 334 cm³/mol. The van der Waals surface area contributed by atoms with Gasteiger partial charge in [-0.2, -0.15) is 23.7 Å². The number of ketones is 2. The molecule has 11 rings (SSSR count). The third-order valence-electron chi connectivity index (χ3n) is 13.7. The Balaban J connectivity index is 0.000000218. The number of aryl methyl sites for hydroxylation is 2. The number of fused-ring (bicyclic) bond motifs is 3. The molecule has 446 valence electrons. The van der Waals surface area contributed by atoms with E-state index in [1.807, 2.05) is 19.1 Å². The molecule has 0 radical (unpaired) electrons. The summed E-state index contributed by atoms with van der Waals surface area (Å²) in [6.07, 6.45) is 7.15. The molecule has 8 aromatic rings. The Morgan fingerprint density at radius 3 is 1.56 bits per heavy atom.